The molecule has 216 valence electrons. The van der Waals surface area contributed by atoms with E-state index >= 15 is 0 Å². The predicted octanol–water partition coefficient (Wildman–Crippen LogP) is 4.99. The summed E-state index contributed by atoms with van der Waals surface area (Å²) in [6.07, 6.45) is 0.713. The van der Waals surface area contributed by atoms with Crippen molar-refractivity contribution >= 4 is 22.8 Å². The van der Waals surface area contributed by atoms with Crippen molar-refractivity contribution < 1.29 is 28.9 Å². The van der Waals surface area contributed by atoms with E-state index in [4.69, 9.17) is 19.2 Å². The van der Waals surface area contributed by atoms with Crippen molar-refractivity contribution in [1.29, 1.82) is 0 Å². The molecule has 3 aliphatic rings. The second-order valence-electron chi connectivity index (χ2n) is 12.0. The summed E-state index contributed by atoms with van der Waals surface area (Å²) in [6.45, 7) is 8.21. The highest BCUT2D eigenvalue weighted by atomic mass is 16.7. The number of nitrogens with zero attached hydrogens (tertiary/aromatic N) is 2. The molecule has 0 amide bonds. The van der Waals surface area contributed by atoms with Crippen LogP contribution in [-0.2, 0) is 42.6 Å². The van der Waals surface area contributed by atoms with Gasteiger partial charge in [0.05, 0.1) is 35.1 Å². The minimum atomic E-state index is -1.82. The molecular formula is C32H36N2O7. The molecule has 1 aromatic carbocycles. The number of esters is 1. The second-order valence-corrected chi connectivity index (χ2v) is 12.0. The quantitative estimate of drug-likeness (QED) is 0.248. The lowest BCUT2D eigenvalue weighted by molar-refractivity contribution is -0.257. The van der Waals surface area contributed by atoms with E-state index in [1.165, 1.54) is 0 Å². The van der Waals surface area contributed by atoms with Gasteiger partial charge in [-0.2, -0.15) is 0 Å². The molecule has 0 spiro atoms. The van der Waals surface area contributed by atoms with E-state index in [-0.39, 0.29) is 36.2 Å². The summed E-state index contributed by atoms with van der Waals surface area (Å²) < 4.78 is 19.5. The Morgan fingerprint density at radius 3 is 2.73 bits per heavy atom. The molecule has 9 nitrogen and oxygen atoms in total. The van der Waals surface area contributed by atoms with Gasteiger partial charge in [-0.1, -0.05) is 52.3 Å². The number of benzene rings is 1. The first-order chi connectivity index (χ1) is 19.6. The normalized spacial score (nSPS) is 25.9. The number of carboxylic acid groups (broad SMARTS) is 1. The van der Waals surface area contributed by atoms with Crippen molar-refractivity contribution in [2.75, 3.05) is 0 Å². The highest BCUT2D eigenvalue weighted by Crippen LogP contribution is 2.43. The highest BCUT2D eigenvalue weighted by molar-refractivity contribution is 5.87. The molecule has 5 atom stereocenters. The topological polar surface area (TPSA) is 117 Å². The summed E-state index contributed by atoms with van der Waals surface area (Å²) in [4.78, 5) is 44.7. The maximum Gasteiger partial charge on any atom is 0.361 e. The summed E-state index contributed by atoms with van der Waals surface area (Å²) in [7, 11) is 0. The first-order valence-corrected chi connectivity index (χ1v) is 14.5. The number of fused-ring (bicyclic) bond motifs is 5. The fourth-order valence-electron chi connectivity index (χ4n) is 6.86. The van der Waals surface area contributed by atoms with Gasteiger partial charge < -0.3 is 23.9 Å². The number of aromatic nitrogens is 2. The number of aliphatic carboxylic acids is 1. The zero-order valence-corrected chi connectivity index (χ0v) is 23.9. The standard InChI is InChI=1S/C32H36N2O7/c1-5-32(41-30(29(36)37)40-26-12-18(4)10-11-21(26)17(2)3)23-14-25-27-20(13-19-8-6-7-9-24(19)33-27)15-34(25)28(35)22(23)16-39-31(32)38/h6-9,13-14,17-18,21,26,30H,5,10-12,15-16H2,1-4H3,(H,36,37)/t18?,21?,26?,30?,32-/m0/s1. The molecule has 0 bridgehead atoms. The average Bonchev–Trinajstić information content (AvgIpc) is 3.30. The van der Waals surface area contributed by atoms with Crippen LogP contribution in [0.5, 0.6) is 0 Å². The van der Waals surface area contributed by atoms with Gasteiger partial charge in [0.15, 0.2) is 5.60 Å². The average molecular weight is 561 g/mol. The summed E-state index contributed by atoms with van der Waals surface area (Å²) >= 11 is 0. The molecular weight excluding hydrogens is 524 g/mol. The molecule has 4 unspecified atom stereocenters. The molecule has 1 aliphatic carbocycles. The van der Waals surface area contributed by atoms with Crippen molar-refractivity contribution in [2.45, 2.75) is 84.5 Å². The summed E-state index contributed by atoms with van der Waals surface area (Å²) in [6, 6.07) is 11.5. The van der Waals surface area contributed by atoms with Gasteiger partial charge in [0.1, 0.15) is 6.61 Å². The number of pyridine rings is 2. The molecule has 41 heavy (non-hydrogen) atoms. The Labute approximate surface area is 238 Å². The molecule has 2 aromatic heterocycles. The summed E-state index contributed by atoms with van der Waals surface area (Å²) in [5.41, 5.74) is 1.40. The maximum atomic E-state index is 13.8. The number of hydrogen-bond acceptors (Lipinski definition) is 7. The van der Waals surface area contributed by atoms with Crippen LogP contribution in [0.3, 0.4) is 0 Å². The van der Waals surface area contributed by atoms with E-state index in [1.807, 2.05) is 30.3 Å². The molecule has 1 N–H and O–H groups in total. The Kier molecular flexibility index (Phi) is 6.98. The molecule has 1 saturated carbocycles. The van der Waals surface area contributed by atoms with Gasteiger partial charge in [-0.15, -0.1) is 0 Å². The van der Waals surface area contributed by atoms with Crippen LogP contribution in [0, 0.1) is 17.8 Å². The van der Waals surface area contributed by atoms with Crippen LogP contribution in [0.4, 0.5) is 0 Å². The van der Waals surface area contributed by atoms with Crippen LogP contribution in [0.1, 0.15) is 70.1 Å². The Balaban J connectivity index is 1.43. The molecule has 0 radical (unpaired) electrons. The number of carbonyl (C=O) groups is 2. The van der Waals surface area contributed by atoms with Gasteiger partial charge in [0, 0.05) is 16.5 Å². The van der Waals surface area contributed by atoms with Gasteiger partial charge in [-0.3, -0.25) is 4.79 Å². The van der Waals surface area contributed by atoms with Crippen LogP contribution in [0.25, 0.3) is 22.3 Å². The van der Waals surface area contributed by atoms with Crippen molar-refractivity contribution in [2.24, 2.45) is 17.8 Å². The van der Waals surface area contributed by atoms with E-state index in [2.05, 4.69) is 20.8 Å². The summed E-state index contributed by atoms with van der Waals surface area (Å²) in [5, 5.41) is 11.2. The third kappa shape index (κ3) is 4.55. The third-order valence-corrected chi connectivity index (χ3v) is 9.15. The van der Waals surface area contributed by atoms with Crippen LogP contribution < -0.4 is 5.56 Å². The van der Waals surface area contributed by atoms with E-state index in [1.54, 1.807) is 17.6 Å². The van der Waals surface area contributed by atoms with Crippen LogP contribution in [-0.4, -0.2) is 39.0 Å². The van der Waals surface area contributed by atoms with Crippen LogP contribution in [0.15, 0.2) is 41.2 Å². The highest BCUT2D eigenvalue weighted by Gasteiger charge is 2.51. The third-order valence-electron chi connectivity index (χ3n) is 9.15. The number of carboxylic acids is 1. The second kappa shape index (κ2) is 10.4. The van der Waals surface area contributed by atoms with Gasteiger partial charge in [-0.25, -0.2) is 14.6 Å². The molecule has 4 heterocycles. The van der Waals surface area contributed by atoms with Crippen molar-refractivity contribution in [3.8, 4) is 11.4 Å². The Hall–Kier alpha value is -3.56. The van der Waals surface area contributed by atoms with Crippen LogP contribution >= 0.6 is 0 Å². The largest absolute Gasteiger partial charge is 0.477 e. The Bertz CT molecular complexity index is 1590. The van der Waals surface area contributed by atoms with E-state index in [0.29, 0.717) is 41.8 Å². The lowest BCUT2D eigenvalue weighted by Gasteiger charge is -2.41. The van der Waals surface area contributed by atoms with Crippen molar-refractivity contribution in [3.63, 3.8) is 0 Å². The summed E-state index contributed by atoms with van der Waals surface area (Å²) in [5.74, 6) is -1.20. The van der Waals surface area contributed by atoms with Gasteiger partial charge >= 0.3 is 11.9 Å². The lowest BCUT2D eigenvalue weighted by Crippen LogP contribution is -2.51. The Morgan fingerprint density at radius 1 is 1.22 bits per heavy atom. The van der Waals surface area contributed by atoms with Gasteiger partial charge in [-0.05, 0) is 55.2 Å². The molecule has 0 saturated heterocycles. The molecule has 2 aliphatic heterocycles. The molecule has 6 rings (SSSR count). The molecule has 9 heteroatoms. The maximum absolute atomic E-state index is 13.8. The SMILES string of the molecule is CC[C@@]1(OC(OC2CC(C)CCC2C(C)C)C(=O)O)C(=O)OCc2c1cc1n(c2=O)Cc2cc3ccccc3nc2-1. The van der Waals surface area contributed by atoms with E-state index in [0.717, 1.165) is 29.3 Å². The number of para-hydroxylation sites is 1. The predicted molar refractivity (Wildman–Crippen MR) is 151 cm³/mol. The number of rotatable bonds is 7. The number of carbonyl (C=O) groups excluding carboxylic acids is 1. The van der Waals surface area contributed by atoms with Crippen LogP contribution in [0.2, 0.25) is 0 Å². The van der Waals surface area contributed by atoms with Crippen molar-refractivity contribution in [1.82, 2.24) is 9.55 Å². The fourth-order valence-corrected chi connectivity index (χ4v) is 6.86. The first-order valence-electron chi connectivity index (χ1n) is 14.5. The van der Waals surface area contributed by atoms with E-state index in [9.17, 15) is 19.5 Å². The smallest absolute Gasteiger partial charge is 0.361 e. The monoisotopic (exact) mass is 560 g/mol. The Morgan fingerprint density at radius 2 is 2.00 bits per heavy atom. The molecule has 3 aromatic rings. The zero-order chi connectivity index (χ0) is 29.1. The van der Waals surface area contributed by atoms with Gasteiger partial charge in [0.2, 0.25) is 0 Å². The minimum Gasteiger partial charge on any atom is -0.477 e. The zero-order valence-electron chi connectivity index (χ0n) is 23.9. The number of ether oxygens (including phenoxy) is 3. The fraction of sp³-hybridized carbons (Fsp3) is 0.500. The number of cyclic esters (lactones) is 1. The van der Waals surface area contributed by atoms with Gasteiger partial charge in [0.25, 0.3) is 11.8 Å². The molecule has 1 fully saturated rings. The first kappa shape index (κ1) is 27.6. The van der Waals surface area contributed by atoms with Crippen molar-refractivity contribution in [3.05, 3.63) is 63.4 Å². The number of hydrogen-bond donors (Lipinski definition) is 1. The van der Waals surface area contributed by atoms with E-state index < -0.39 is 23.8 Å². The minimum absolute atomic E-state index is 0.0571. The lowest BCUT2D eigenvalue weighted by atomic mass is 9.75.